The van der Waals surface area contributed by atoms with Gasteiger partial charge in [-0.05, 0) is 60.9 Å². The Bertz CT molecular complexity index is 1040. The van der Waals surface area contributed by atoms with Crippen LogP contribution in [0.1, 0.15) is 0 Å². The Balaban J connectivity index is 1.57. The number of amides is 1. The molecule has 8 nitrogen and oxygen atoms in total. The second-order valence-electron chi connectivity index (χ2n) is 5.43. The van der Waals surface area contributed by atoms with Crippen LogP contribution in [0.5, 0.6) is 5.75 Å². The number of carbonyl (C=O) groups excluding carboxylic acids is 1. The normalized spacial score (nSPS) is 10.9. The van der Waals surface area contributed by atoms with Gasteiger partial charge in [0.2, 0.25) is 10.0 Å². The summed E-state index contributed by atoms with van der Waals surface area (Å²) in [5, 5.41) is 3.18. The highest BCUT2D eigenvalue weighted by Crippen LogP contribution is 2.24. The molecule has 0 saturated heterocycles. The number of sulfonamides is 1. The highest BCUT2D eigenvalue weighted by atomic mass is 35.5. The quantitative estimate of drug-likeness (QED) is 0.629. The molecule has 0 aliphatic carbocycles. The topological polar surface area (TPSA) is 112 Å². The lowest BCUT2D eigenvalue weighted by atomic mass is 10.3. The largest absolute Gasteiger partial charge is 0.484 e. The van der Waals surface area contributed by atoms with E-state index in [1.165, 1.54) is 36.7 Å². The predicted molar refractivity (Wildman–Crippen MR) is 104 cm³/mol. The van der Waals surface area contributed by atoms with Crippen molar-refractivity contribution in [2.75, 3.05) is 11.9 Å². The minimum Gasteiger partial charge on any atom is -0.484 e. The second-order valence-corrected chi connectivity index (χ2v) is 7.47. The molecule has 0 saturated carbocycles. The van der Waals surface area contributed by atoms with Gasteiger partial charge < -0.3 is 20.0 Å². The fraction of sp³-hybridized carbons (Fsp3) is 0.0556. The summed E-state index contributed by atoms with van der Waals surface area (Å²) in [6.45, 7) is -0.206. The Labute approximate surface area is 166 Å². The average molecular weight is 418 g/mol. The van der Waals surface area contributed by atoms with Gasteiger partial charge in [-0.1, -0.05) is 17.7 Å². The fourth-order valence-electron chi connectivity index (χ4n) is 2.09. The van der Waals surface area contributed by atoms with E-state index < -0.39 is 15.9 Å². The molecule has 1 amide bonds. The van der Waals surface area contributed by atoms with Gasteiger partial charge in [-0.2, -0.15) is 0 Å². The third-order valence-corrected chi connectivity index (χ3v) is 4.90. The van der Waals surface area contributed by atoms with Crippen LogP contribution in [0.25, 0.3) is 4.72 Å². The Morgan fingerprint density at radius 1 is 1.04 bits per heavy atom. The molecular formula is C18H14ClN4O4S-. The van der Waals surface area contributed by atoms with Crippen LogP contribution in [-0.4, -0.2) is 30.9 Å². The molecule has 1 N–H and O–H groups in total. The number of hydrogen-bond acceptors (Lipinski definition) is 6. The van der Waals surface area contributed by atoms with E-state index in [9.17, 15) is 13.2 Å². The van der Waals surface area contributed by atoms with E-state index in [0.717, 1.165) is 0 Å². The zero-order valence-electron chi connectivity index (χ0n) is 14.3. The predicted octanol–water partition coefficient (Wildman–Crippen LogP) is 3.54. The van der Waals surface area contributed by atoms with Crippen LogP contribution in [0.2, 0.25) is 5.02 Å². The Morgan fingerprint density at radius 3 is 2.32 bits per heavy atom. The molecule has 0 fully saturated rings. The summed E-state index contributed by atoms with van der Waals surface area (Å²) in [7, 11) is -3.96. The van der Waals surface area contributed by atoms with Crippen molar-refractivity contribution in [3.8, 4) is 5.75 Å². The van der Waals surface area contributed by atoms with Crippen LogP contribution in [0.15, 0.2) is 71.9 Å². The van der Waals surface area contributed by atoms with Gasteiger partial charge in [0.05, 0.1) is 4.90 Å². The summed E-state index contributed by atoms with van der Waals surface area (Å²) in [4.78, 5) is 19.4. The molecule has 0 atom stereocenters. The maximum Gasteiger partial charge on any atom is 0.262 e. The molecule has 28 heavy (non-hydrogen) atoms. The number of rotatable bonds is 7. The SMILES string of the molecule is O=C(COc1ccc(Cl)cc1)Nc1ccc(S(=O)(=O)[N-]c2ncccn2)cc1. The lowest BCUT2D eigenvalue weighted by Gasteiger charge is -2.12. The monoisotopic (exact) mass is 417 g/mol. The first-order chi connectivity index (χ1) is 13.4. The standard InChI is InChI=1S/C18H15ClN4O4S/c19-13-2-6-15(7-3-13)27-12-17(24)22-14-4-8-16(9-5-14)28(25,26)23-18-20-10-1-11-21-18/h1-11H,12H2,(H2,20,21,22,23,24)/p-1. The molecule has 0 bridgehead atoms. The van der Waals surface area contributed by atoms with Crippen molar-refractivity contribution in [3.63, 3.8) is 0 Å². The third kappa shape index (κ3) is 5.41. The minimum atomic E-state index is -3.96. The van der Waals surface area contributed by atoms with Crippen molar-refractivity contribution in [1.82, 2.24) is 9.97 Å². The summed E-state index contributed by atoms with van der Waals surface area (Å²) < 4.78 is 33.4. The van der Waals surface area contributed by atoms with E-state index in [0.29, 0.717) is 16.5 Å². The molecule has 3 aromatic rings. The van der Waals surface area contributed by atoms with Crippen molar-refractivity contribution < 1.29 is 17.9 Å². The first-order valence-corrected chi connectivity index (χ1v) is 9.77. The smallest absolute Gasteiger partial charge is 0.262 e. The Kier molecular flexibility index (Phi) is 6.07. The van der Waals surface area contributed by atoms with Gasteiger partial charge in [-0.25, -0.2) is 8.42 Å². The highest BCUT2D eigenvalue weighted by Gasteiger charge is 2.12. The Morgan fingerprint density at radius 2 is 1.68 bits per heavy atom. The van der Waals surface area contributed by atoms with Crippen molar-refractivity contribution in [2.24, 2.45) is 0 Å². The Hall–Kier alpha value is -3.17. The van der Waals surface area contributed by atoms with Gasteiger partial charge in [0.15, 0.2) is 6.61 Å². The summed E-state index contributed by atoms with van der Waals surface area (Å²) in [5.74, 6) is -0.0436. The lowest BCUT2D eigenvalue weighted by molar-refractivity contribution is -0.118. The molecule has 10 heteroatoms. The average Bonchev–Trinajstić information content (AvgIpc) is 2.68. The maximum absolute atomic E-state index is 12.3. The van der Waals surface area contributed by atoms with E-state index in [4.69, 9.17) is 16.3 Å². The zero-order chi connectivity index (χ0) is 20.0. The molecule has 1 heterocycles. The van der Waals surface area contributed by atoms with Gasteiger partial charge in [-0.15, -0.1) is 0 Å². The first-order valence-electron chi connectivity index (χ1n) is 7.96. The van der Waals surface area contributed by atoms with E-state index in [2.05, 4.69) is 20.0 Å². The number of ether oxygens (including phenoxy) is 1. The molecule has 0 radical (unpaired) electrons. The highest BCUT2D eigenvalue weighted by molar-refractivity contribution is 7.94. The van der Waals surface area contributed by atoms with Crippen LogP contribution in [-0.2, 0) is 14.8 Å². The number of benzene rings is 2. The molecule has 144 valence electrons. The minimum absolute atomic E-state index is 0.0460. The number of anilines is 1. The van der Waals surface area contributed by atoms with Gasteiger partial charge in [0, 0.05) is 16.7 Å². The molecule has 0 aliphatic heterocycles. The van der Waals surface area contributed by atoms with Gasteiger partial charge >= 0.3 is 0 Å². The first kappa shape index (κ1) is 19.6. The van der Waals surface area contributed by atoms with Crippen LogP contribution < -0.4 is 10.1 Å². The molecule has 0 unspecified atom stereocenters. The van der Waals surface area contributed by atoms with E-state index >= 15 is 0 Å². The number of nitrogens with zero attached hydrogens (tertiary/aromatic N) is 3. The number of halogens is 1. The number of aromatic nitrogens is 2. The van der Waals surface area contributed by atoms with Gasteiger partial charge in [0.25, 0.3) is 5.91 Å². The van der Waals surface area contributed by atoms with Crippen molar-refractivity contribution in [3.05, 3.63) is 76.7 Å². The summed E-state index contributed by atoms with van der Waals surface area (Å²) in [6.07, 6.45) is 2.79. The number of carbonyl (C=O) groups is 1. The maximum atomic E-state index is 12.3. The van der Waals surface area contributed by atoms with Crippen molar-refractivity contribution in [2.45, 2.75) is 4.90 Å². The van der Waals surface area contributed by atoms with Crippen LogP contribution in [0.4, 0.5) is 11.6 Å². The summed E-state index contributed by atoms with van der Waals surface area (Å²) in [6, 6.07) is 13.7. The molecule has 0 aliphatic rings. The van der Waals surface area contributed by atoms with Crippen LogP contribution in [0, 0.1) is 0 Å². The van der Waals surface area contributed by atoms with Crippen LogP contribution >= 0.6 is 11.6 Å². The van der Waals surface area contributed by atoms with E-state index in [-0.39, 0.29) is 17.5 Å². The van der Waals surface area contributed by atoms with Gasteiger partial charge in [-0.3, -0.25) is 9.52 Å². The summed E-state index contributed by atoms with van der Waals surface area (Å²) in [5.41, 5.74) is 0.416. The van der Waals surface area contributed by atoms with Crippen molar-refractivity contribution >= 4 is 39.2 Å². The lowest BCUT2D eigenvalue weighted by Crippen LogP contribution is -2.20. The molecule has 2 aromatic carbocycles. The molecule has 1 aromatic heterocycles. The zero-order valence-corrected chi connectivity index (χ0v) is 15.9. The molecule has 0 spiro atoms. The fourth-order valence-corrected chi connectivity index (χ4v) is 3.11. The van der Waals surface area contributed by atoms with Gasteiger partial charge in [0.1, 0.15) is 5.75 Å². The summed E-state index contributed by atoms with van der Waals surface area (Å²) >= 11 is 5.78. The molecular weight excluding hydrogens is 404 g/mol. The second kappa shape index (κ2) is 8.68. The van der Waals surface area contributed by atoms with Crippen LogP contribution in [0.3, 0.4) is 0 Å². The van der Waals surface area contributed by atoms with E-state index in [1.807, 2.05) is 0 Å². The van der Waals surface area contributed by atoms with Crippen molar-refractivity contribution in [1.29, 1.82) is 0 Å². The number of nitrogens with one attached hydrogen (secondary N) is 1. The third-order valence-electron chi connectivity index (χ3n) is 3.37. The molecule has 3 rings (SSSR count). The number of hydrogen-bond donors (Lipinski definition) is 1. The van der Waals surface area contributed by atoms with E-state index in [1.54, 1.807) is 30.3 Å².